The minimum atomic E-state index is -0.203. The van der Waals surface area contributed by atoms with Crippen LogP contribution in [0.3, 0.4) is 0 Å². The van der Waals surface area contributed by atoms with Gasteiger partial charge in [0.25, 0.3) is 5.91 Å². The van der Waals surface area contributed by atoms with E-state index in [-0.39, 0.29) is 12.5 Å². The number of aromatic nitrogens is 1. The van der Waals surface area contributed by atoms with Gasteiger partial charge in [0.1, 0.15) is 5.75 Å². The van der Waals surface area contributed by atoms with Gasteiger partial charge in [0, 0.05) is 10.9 Å². The Morgan fingerprint density at radius 3 is 2.79 bits per heavy atom. The summed E-state index contributed by atoms with van der Waals surface area (Å²) < 4.78 is 5.65. The van der Waals surface area contributed by atoms with Crippen LogP contribution in [-0.2, 0) is 17.6 Å². The summed E-state index contributed by atoms with van der Waals surface area (Å²) in [5.41, 5.74) is 6.11. The molecule has 150 valence electrons. The number of anilines is 1. The third-order valence-electron chi connectivity index (χ3n) is 5.29. The highest BCUT2D eigenvalue weighted by Gasteiger charge is 2.13. The standard InChI is InChI=1S/C24H26N2O2S/c1-16(2)18-8-5-9-21(13-18)28-14-23(27)26-24-25-22(15-29-24)20-11-10-17-6-3-4-7-19(17)12-20/h5,8-13,15-16H,3-4,6-7,14H2,1-2H3,(H,25,26,27). The molecule has 3 aromatic rings. The Bertz CT molecular complexity index is 1010. The maximum atomic E-state index is 12.3. The quantitative estimate of drug-likeness (QED) is 0.560. The summed E-state index contributed by atoms with van der Waals surface area (Å²) in [6.07, 6.45) is 4.86. The smallest absolute Gasteiger partial charge is 0.264 e. The van der Waals surface area contributed by atoms with Crippen molar-refractivity contribution in [2.24, 2.45) is 0 Å². The van der Waals surface area contributed by atoms with E-state index in [1.54, 1.807) is 0 Å². The van der Waals surface area contributed by atoms with Gasteiger partial charge in [-0.15, -0.1) is 11.3 Å². The molecule has 1 N–H and O–H groups in total. The van der Waals surface area contributed by atoms with Crippen molar-refractivity contribution in [1.29, 1.82) is 0 Å². The Balaban J connectivity index is 1.36. The molecule has 0 aliphatic heterocycles. The number of amides is 1. The summed E-state index contributed by atoms with van der Waals surface area (Å²) in [5.74, 6) is 0.927. The van der Waals surface area contributed by atoms with Crippen molar-refractivity contribution in [2.75, 3.05) is 11.9 Å². The normalized spacial score (nSPS) is 13.2. The molecule has 1 aliphatic carbocycles. The number of rotatable bonds is 6. The number of fused-ring (bicyclic) bond motifs is 1. The lowest BCUT2D eigenvalue weighted by molar-refractivity contribution is -0.118. The molecule has 1 amide bonds. The van der Waals surface area contributed by atoms with E-state index >= 15 is 0 Å². The van der Waals surface area contributed by atoms with Crippen LogP contribution in [0.15, 0.2) is 47.8 Å². The summed E-state index contributed by atoms with van der Waals surface area (Å²) in [5, 5.41) is 5.44. The molecule has 0 unspecified atom stereocenters. The van der Waals surface area contributed by atoms with Crippen molar-refractivity contribution in [3.8, 4) is 17.0 Å². The molecular formula is C24H26N2O2S. The Morgan fingerprint density at radius 1 is 1.14 bits per heavy atom. The maximum Gasteiger partial charge on any atom is 0.264 e. The number of carbonyl (C=O) groups is 1. The molecule has 5 heteroatoms. The number of nitrogens with zero attached hydrogens (tertiary/aromatic N) is 1. The zero-order valence-electron chi connectivity index (χ0n) is 16.9. The van der Waals surface area contributed by atoms with E-state index in [2.05, 4.69) is 48.4 Å². The maximum absolute atomic E-state index is 12.3. The molecule has 1 aliphatic rings. The van der Waals surface area contributed by atoms with Gasteiger partial charge in [-0.2, -0.15) is 0 Å². The highest BCUT2D eigenvalue weighted by Crippen LogP contribution is 2.29. The van der Waals surface area contributed by atoms with Crippen LogP contribution in [0.4, 0.5) is 5.13 Å². The lowest BCUT2D eigenvalue weighted by atomic mass is 9.90. The first-order valence-corrected chi connectivity index (χ1v) is 11.1. The molecule has 2 aromatic carbocycles. The predicted molar refractivity (Wildman–Crippen MR) is 119 cm³/mol. The first-order chi connectivity index (χ1) is 14.1. The predicted octanol–water partition coefficient (Wildman–Crippen LogP) is 5.83. The zero-order valence-corrected chi connectivity index (χ0v) is 17.7. The van der Waals surface area contributed by atoms with Gasteiger partial charge in [-0.25, -0.2) is 4.98 Å². The van der Waals surface area contributed by atoms with Gasteiger partial charge in [0.05, 0.1) is 5.69 Å². The molecule has 1 aromatic heterocycles. The average Bonchev–Trinajstić information content (AvgIpc) is 3.20. The van der Waals surface area contributed by atoms with Crippen LogP contribution < -0.4 is 10.1 Å². The number of hydrogen-bond acceptors (Lipinski definition) is 4. The molecule has 4 rings (SSSR count). The van der Waals surface area contributed by atoms with Gasteiger partial charge in [-0.1, -0.05) is 38.1 Å². The molecule has 0 radical (unpaired) electrons. The van der Waals surface area contributed by atoms with Gasteiger partial charge in [-0.3, -0.25) is 10.1 Å². The van der Waals surface area contributed by atoms with Crippen LogP contribution in [-0.4, -0.2) is 17.5 Å². The summed E-state index contributed by atoms with van der Waals surface area (Å²) in [4.78, 5) is 16.9. The third kappa shape index (κ3) is 4.85. The summed E-state index contributed by atoms with van der Waals surface area (Å²) in [6.45, 7) is 4.23. The van der Waals surface area contributed by atoms with Crippen molar-refractivity contribution < 1.29 is 9.53 Å². The van der Waals surface area contributed by atoms with E-state index in [0.29, 0.717) is 16.8 Å². The van der Waals surface area contributed by atoms with Gasteiger partial charge < -0.3 is 4.74 Å². The first-order valence-electron chi connectivity index (χ1n) is 10.2. The van der Waals surface area contributed by atoms with Crippen molar-refractivity contribution >= 4 is 22.4 Å². The molecule has 29 heavy (non-hydrogen) atoms. The van der Waals surface area contributed by atoms with Crippen LogP contribution in [0.1, 0.15) is 49.3 Å². The molecule has 1 heterocycles. The monoisotopic (exact) mass is 406 g/mol. The lowest BCUT2D eigenvalue weighted by Crippen LogP contribution is -2.20. The minimum absolute atomic E-state index is 0.0324. The van der Waals surface area contributed by atoms with Crippen LogP contribution >= 0.6 is 11.3 Å². The van der Waals surface area contributed by atoms with E-state index in [1.165, 1.54) is 47.3 Å². The fourth-order valence-electron chi connectivity index (χ4n) is 3.62. The fraction of sp³-hybridized carbons (Fsp3) is 0.333. The van der Waals surface area contributed by atoms with E-state index in [0.717, 1.165) is 17.7 Å². The van der Waals surface area contributed by atoms with Crippen LogP contribution in [0.25, 0.3) is 11.3 Å². The molecular weight excluding hydrogens is 380 g/mol. The van der Waals surface area contributed by atoms with Crippen LogP contribution in [0.5, 0.6) is 5.75 Å². The molecule has 0 spiro atoms. The number of aryl methyl sites for hydroxylation is 2. The Hall–Kier alpha value is -2.66. The van der Waals surface area contributed by atoms with Crippen LogP contribution in [0.2, 0.25) is 0 Å². The Morgan fingerprint density at radius 2 is 1.97 bits per heavy atom. The van der Waals surface area contributed by atoms with Crippen molar-refractivity contribution in [3.63, 3.8) is 0 Å². The SMILES string of the molecule is CC(C)c1cccc(OCC(=O)Nc2nc(-c3ccc4c(c3)CCCC4)cs2)c1. The third-order valence-corrected chi connectivity index (χ3v) is 6.05. The Kier molecular flexibility index (Phi) is 5.95. The topological polar surface area (TPSA) is 51.2 Å². The van der Waals surface area contributed by atoms with E-state index < -0.39 is 0 Å². The second-order valence-corrected chi connectivity index (χ2v) is 8.65. The van der Waals surface area contributed by atoms with Crippen molar-refractivity contribution in [1.82, 2.24) is 4.98 Å². The van der Waals surface area contributed by atoms with E-state index in [4.69, 9.17) is 4.74 Å². The molecule has 0 fully saturated rings. The van der Waals surface area contributed by atoms with E-state index in [9.17, 15) is 4.79 Å². The average molecular weight is 407 g/mol. The van der Waals surface area contributed by atoms with Crippen molar-refractivity contribution in [3.05, 3.63) is 64.5 Å². The molecule has 0 bridgehead atoms. The largest absolute Gasteiger partial charge is 0.484 e. The summed E-state index contributed by atoms with van der Waals surface area (Å²) in [7, 11) is 0. The van der Waals surface area contributed by atoms with Crippen molar-refractivity contribution in [2.45, 2.75) is 45.4 Å². The van der Waals surface area contributed by atoms with Gasteiger partial charge in [-0.05, 0) is 66.5 Å². The number of ether oxygens (including phenoxy) is 1. The Labute approximate surface area is 176 Å². The highest BCUT2D eigenvalue weighted by molar-refractivity contribution is 7.14. The van der Waals surface area contributed by atoms with E-state index in [1.807, 2.05) is 23.6 Å². The molecule has 0 saturated carbocycles. The zero-order chi connectivity index (χ0) is 20.2. The van der Waals surface area contributed by atoms with Crippen LogP contribution in [0, 0.1) is 0 Å². The van der Waals surface area contributed by atoms with Gasteiger partial charge in [0.15, 0.2) is 11.7 Å². The molecule has 4 nitrogen and oxygen atoms in total. The highest BCUT2D eigenvalue weighted by atomic mass is 32.1. The number of thiazole rings is 1. The van der Waals surface area contributed by atoms with Gasteiger partial charge in [0.2, 0.25) is 0 Å². The second-order valence-electron chi connectivity index (χ2n) is 7.79. The number of nitrogens with one attached hydrogen (secondary N) is 1. The summed E-state index contributed by atoms with van der Waals surface area (Å²) in [6, 6.07) is 14.5. The minimum Gasteiger partial charge on any atom is -0.484 e. The number of carbonyl (C=O) groups excluding carboxylic acids is 1. The first kappa shape index (κ1) is 19.6. The summed E-state index contributed by atoms with van der Waals surface area (Å²) >= 11 is 1.44. The van der Waals surface area contributed by atoms with Gasteiger partial charge >= 0.3 is 0 Å². The number of benzene rings is 2. The molecule has 0 atom stereocenters. The fourth-order valence-corrected chi connectivity index (χ4v) is 4.36. The second kappa shape index (κ2) is 8.78. The lowest BCUT2D eigenvalue weighted by Gasteiger charge is -2.16. The molecule has 0 saturated heterocycles. The number of hydrogen-bond donors (Lipinski definition) is 1.